The van der Waals surface area contributed by atoms with E-state index in [0.717, 1.165) is 0 Å². The lowest BCUT2D eigenvalue weighted by molar-refractivity contribution is -0.144. The van der Waals surface area contributed by atoms with Crippen molar-refractivity contribution in [2.24, 2.45) is 0 Å². The lowest BCUT2D eigenvalue weighted by atomic mass is 10.2. The lowest BCUT2D eigenvalue weighted by Gasteiger charge is -2.38. The monoisotopic (exact) mass is 381 g/mol. The van der Waals surface area contributed by atoms with Crippen LogP contribution in [0, 0.1) is 0 Å². The number of nitrogens with zero attached hydrogens (tertiary/aromatic N) is 3. The molecule has 2 fully saturated rings. The molecule has 0 aromatic heterocycles. The molecule has 1 aromatic rings. The van der Waals surface area contributed by atoms with Crippen molar-refractivity contribution < 1.29 is 17.9 Å². The van der Waals surface area contributed by atoms with Crippen LogP contribution in [0.5, 0.6) is 0 Å². The summed E-state index contributed by atoms with van der Waals surface area (Å²) in [6.45, 7) is 7.45. The minimum absolute atomic E-state index is 0.0514. The third-order valence-corrected chi connectivity index (χ3v) is 6.76. The fourth-order valence-electron chi connectivity index (χ4n) is 3.54. The molecule has 2 saturated heterocycles. The van der Waals surface area contributed by atoms with Crippen molar-refractivity contribution >= 4 is 15.9 Å². The highest BCUT2D eigenvalue weighted by molar-refractivity contribution is 7.89. The molecule has 2 aliphatic heterocycles. The zero-order valence-corrected chi connectivity index (χ0v) is 16.2. The van der Waals surface area contributed by atoms with E-state index in [4.69, 9.17) is 4.74 Å². The van der Waals surface area contributed by atoms with E-state index in [9.17, 15) is 13.2 Å². The molecule has 144 valence electrons. The van der Waals surface area contributed by atoms with Gasteiger partial charge in [-0.2, -0.15) is 4.31 Å². The number of hydrogen-bond donors (Lipinski definition) is 0. The number of benzene rings is 1. The van der Waals surface area contributed by atoms with Gasteiger partial charge in [-0.25, -0.2) is 8.42 Å². The Balaban J connectivity index is 1.53. The molecule has 0 bridgehead atoms. The molecule has 0 spiro atoms. The molecule has 0 unspecified atom stereocenters. The first kappa shape index (κ1) is 19.3. The van der Waals surface area contributed by atoms with Gasteiger partial charge < -0.3 is 9.64 Å². The van der Waals surface area contributed by atoms with E-state index in [-0.39, 0.29) is 18.1 Å². The van der Waals surface area contributed by atoms with Crippen LogP contribution in [0.3, 0.4) is 0 Å². The van der Waals surface area contributed by atoms with E-state index in [0.29, 0.717) is 50.7 Å². The summed E-state index contributed by atoms with van der Waals surface area (Å²) >= 11 is 0. The highest BCUT2D eigenvalue weighted by atomic mass is 32.2. The Bertz CT molecular complexity index is 707. The maximum absolute atomic E-state index is 12.7. The highest BCUT2D eigenvalue weighted by Gasteiger charge is 2.31. The number of piperazine rings is 1. The number of hydrogen-bond acceptors (Lipinski definition) is 5. The van der Waals surface area contributed by atoms with Crippen molar-refractivity contribution in [2.75, 3.05) is 45.8 Å². The zero-order chi connectivity index (χ0) is 18.7. The van der Waals surface area contributed by atoms with Crippen molar-refractivity contribution in [2.45, 2.75) is 31.0 Å². The van der Waals surface area contributed by atoms with Gasteiger partial charge in [-0.1, -0.05) is 18.2 Å². The second-order valence-corrected chi connectivity index (χ2v) is 8.99. The molecule has 2 aliphatic rings. The molecule has 7 nitrogen and oxygen atoms in total. The second kappa shape index (κ2) is 8.04. The molecule has 0 N–H and O–H groups in total. The maximum atomic E-state index is 12.7. The summed E-state index contributed by atoms with van der Waals surface area (Å²) in [4.78, 5) is 16.8. The average molecular weight is 381 g/mol. The summed E-state index contributed by atoms with van der Waals surface area (Å²) < 4.78 is 32.5. The SMILES string of the molecule is C[C@@H]1CN(C(=O)CN2CCN(S(=O)(=O)c3ccccc3)CC2)C[C@@H](C)O1. The van der Waals surface area contributed by atoms with Crippen LogP contribution >= 0.6 is 0 Å². The molecular weight excluding hydrogens is 354 g/mol. The summed E-state index contributed by atoms with van der Waals surface area (Å²) in [5.74, 6) is 0.0892. The van der Waals surface area contributed by atoms with Gasteiger partial charge in [0.15, 0.2) is 0 Å². The summed E-state index contributed by atoms with van der Waals surface area (Å²) in [5.41, 5.74) is 0. The number of amides is 1. The first-order valence-electron chi connectivity index (χ1n) is 9.07. The number of carbonyl (C=O) groups is 1. The number of rotatable bonds is 4. The summed E-state index contributed by atoms with van der Waals surface area (Å²) in [6, 6.07) is 8.49. The third-order valence-electron chi connectivity index (χ3n) is 4.84. The standard InChI is InChI=1S/C18H27N3O4S/c1-15-12-20(13-16(2)25-15)18(22)14-19-8-10-21(11-9-19)26(23,24)17-6-4-3-5-7-17/h3-7,15-16H,8-14H2,1-2H3/t15-,16-/m1/s1. The van der Waals surface area contributed by atoms with Crippen LogP contribution in [0.25, 0.3) is 0 Å². The van der Waals surface area contributed by atoms with Gasteiger partial charge in [0.25, 0.3) is 0 Å². The van der Waals surface area contributed by atoms with Crippen molar-refractivity contribution in [3.8, 4) is 0 Å². The predicted octanol–water partition coefficient (Wildman–Crippen LogP) is 0.629. The Morgan fingerprint density at radius 2 is 1.62 bits per heavy atom. The van der Waals surface area contributed by atoms with Gasteiger partial charge in [0.1, 0.15) is 0 Å². The van der Waals surface area contributed by atoms with E-state index in [1.54, 1.807) is 30.3 Å². The molecule has 8 heteroatoms. The summed E-state index contributed by atoms with van der Waals surface area (Å²) in [6.07, 6.45) is 0.103. The normalized spacial score (nSPS) is 26.0. The molecule has 0 radical (unpaired) electrons. The molecule has 2 heterocycles. The fourth-order valence-corrected chi connectivity index (χ4v) is 4.99. The lowest BCUT2D eigenvalue weighted by Crippen LogP contribution is -2.54. The first-order chi connectivity index (χ1) is 12.4. The van der Waals surface area contributed by atoms with Crippen molar-refractivity contribution in [3.05, 3.63) is 30.3 Å². The molecular formula is C18H27N3O4S. The number of morpholine rings is 1. The minimum atomic E-state index is -3.45. The van der Waals surface area contributed by atoms with Gasteiger partial charge >= 0.3 is 0 Å². The predicted molar refractivity (Wildman–Crippen MR) is 98.2 cm³/mol. The van der Waals surface area contributed by atoms with Crippen LogP contribution in [0.15, 0.2) is 35.2 Å². The molecule has 3 rings (SSSR count). The van der Waals surface area contributed by atoms with E-state index in [2.05, 4.69) is 0 Å². The Hall–Kier alpha value is -1.48. The van der Waals surface area contributed by atoms with Gasteiger partial charge in [0, 0.05) is 39.3 Å². The van der Waals surface area contributed by atoms with Gasteiger partial charge in [0.2, 0.25) is 15.9 Å². The van der Waals surface area contributed by atoms with Gasteiger partial charge in [0.05, 0.1) is 23.6 Å². The zero-order valence-electron chi connectivity index (χ0n) is 15.4. The van der Waals surface area contributed by atoms with Crippen LogP contribution in [0.1, 0.15) is 13.8 Å². The Morgan fingerprint density at radius 3 is 2.19 bits per heavy atom. The Morgan fingerprint density at radius 1 is 1.04 bits per heavy atom. The Labute approximate surface area is 155 Å². The summed E-state index contributed by atoms with van der Waals surface area (Å²) in [7, 11) is -3.45. The first-order valence-corrected chi connectivity index (χ1v) is 10.5. The number of sulfonamides is 1. The molecule has 1 aromatic carbocycles. The van der Waals surface area contributed by atoms with E-state index < -0.39 is 10.0 Å². The highest BCUT2D eigenvalue weighted by Crippen LogP contribution is 2.17. The van der Waals surface area contributed by atoms with Gasteiger partial charge in [-0.15, -0.1) is 0 Å². The van der Waals surface area contributed by atoms with E-state index in [1.165, 1.54) is 4.31 Å². The molecule has 1 amide bonds. The van der Waals surface area contributed by atoms with Crippen molar-refractivity contribution in [1.82, 2.24) is 14.1 Å². The van der Waals surface area contributed by atoms with Crippen LogP contribution < -0.4 is 0 Å². The fraction of sp³-hybridized carbons (Fsp3) is 0.611. The Kier molecular flexibility index (Phi) is 5.96. The van der Waals surface area contributed by atoms with E-state index >= 15 is 0 Å². The van der Waals surface area contributed by atoms with Crippen LogP contribution in [0.2, 0.25) is 0 Å². The maximum Gasteiger partial charge on any atom is 0.243 e. The quantitative estimate of drug-likeness (QED) is 0.765. The van der Waals surface area contributed by atoms with Crippen LogP contribution in [-0.2, 0) is 19.6 Å². The summed E-state index contributed by atoms with van der Waals surface area (Å²) in [5, 5.41) is 0. The molecule has 26 heavy (non-hydrogen) atoms. The third kappa shape index (κ3) is 4.43. The van der Waals surface area contributed by atoms with E-state index in [1.807, 2.05) is 23.6 Å². The topological polar surface area (TPSA) is 70.2 Å². The number of carbonyl (C=O) groups excluding carboxylic acids is 1. The minimum Gasteiger partial charge on any atom is -0.372 e. The van der Waals surface area contributed by atoms with Gasteiger partial charge in [-0.3, -0.25) is 9.69 Å². The number of ether oxygens (including phenoxy) is 1. The van der Waals surface area contributed by atoms with Crippen LogP contribution in [0.4, 0.5) is 0 Å². The van der Waals surface area contributed by atoms with Crippen LogP contribution in [-0.4, -0.2) is 86.5 Å². The van der Waals surface area contributed by atoms with Crippen molar-refractivity contribution in [3.63, 3.8) is 0 Å². The molecule has 0 aliphatic carbocycles. The second-order valence-electron chi connectivity index (χ2n) is 7.05. The van der Waals surface area contributed by atoms with Crippen molar-refractivity contribution in [1.29, 1.82) is 0 Å². The van der Waals surface area contributed by atoms with Gasteiger partial charge in [-0.05, 0) is 26.0 Å². The largest absolute Gasteiger partial charge is 0.372 e. The average Bonchev–Trinajstić information content (AvgIpc) is 2.62. The molecule has 0 saturated carbocycles. The smallest absolute Gasteiger partial charge is 0.243 e. The molecule has 2 atom stereocenters.